The summed E-state index contributed by atoms with van der Waals surface area (Å²) in [6.45, 7) is 2.51. The quantitative estimate of drug-likeness (QED) is 0.733. The molecule has 10 heteroatoms. The third-order valence-corrected chi connectivity index (χ3v) is 3.18. The molecule has 2 aromatic heterocycles. The Morgan fingerprint density at radius 3 is 2.48 bits per heavy atom. The van der Waals surface area contributed by atoms with Crippen LogP contribution in [-0.4, -0.2) is 21.0 Å². The maximum Gasteiger partial charge on any atom is 0.433 e. The zero-order chi connectivity index (χ0) is 19.0. The lowest BCUT2D eigenvalue weighted by Gasteiger charge is -2.22. The molecule has 2 heterocycles. The van der Waals surface area contributed by atoms with Crippen molar-refractivity contribution < 1.29 is 27.5 Å². The van der Waals surface area contributed by atoms with Gasteiger partial charge >= 0.3 is 6.18 Å². The normalized spacial score (nSPS) is 12.1. The van der Waals surface area contributed by atoms with E-state index in [1.54, 1.807) is 0 Å². The summed E-state index contributed by atoms with van der Waals surface area (Å²) in [5.41, 5.74) is 1.26. The summed E-state index contributed by atoms with van der Waals surface area (Å²) < 4.78 is 52.2. The van der Waals surface area contributed by atoms with Crippen LogP contribution < -0.4 is 11.1 Å². The minimum atomic E-state index is -4.72. The second kappa shape index (κ2) is 6.28. The third kappa shape index (κ3) is 4.02. The van der Waals surface area contributed by atoms with Gasteiger partial charge in [0.15, 0.2) is 11.6 Å². The third-order valence-electron chi connectivity index (χ3n) is 3.18. The number of pyridine rings is 2. The molecule has 2 rings (SSSR count). The van der Waals surface area contributed by atoms with E-state index < -0.39 is 40.7 Å². The summed E-state index contributed by atoms with van der Waals surface area (Å²) in [5.74, 6) is -2.56. The summed E-state index contributed by atoms with van der Waals surface area (Å²) in [4.78, 5) is 18.9. The minimum Gasteiger partial charge on any atom is -0.386 e. The standard InChI is InChI=1S/C15H14F4N4O2/c1-14(2,25)10-8(6-21-12(20)11(10)16)23-13(24)7-4-3-5-9(22-7)15(17,18)19/h3-6,25H,1-2H3,(H2,20,21)(H,23,24). The van der Waals surface area contributed by atoms with E-state index in [1.165, 1.54) is 13.8 Å². The van der Waals surface area contributed by atoms with Crippen LogP contribution in [0.5, 0.6) is 0 Å². The topological polar surface area (TPSA) is 101 Å². The van der Waals surface area contributed by atoms with Crippen molar-refractivity contribution in [3.63, 3.8) is 0 Å². The molecule has 2 aromatic rings. The van der Waals surface area contributed by atoms with E-state index in [0.29, 0.717) is 6.07 Å². The lowest BCUT2D eigenvalue weighted by atomic mass is 9.96. The number of nitrogens with zero attached hydrogens (tertiary/aromatic N) is 2. The predicted molar refractivity (Wildman–Crippen MR) is 81.0 cm³/mol. The van der Waals surface area contributed by atoms with Crippen LogP contribution in [0.2, 0.25) is 0 Å². The van der Waals surface area contributed by atoms with Crippen LogP contribution >= 0.6 is 0 Å². The SMILES string of the molecule is CC(C)(O)c1c(NC(=O)c2cccc(C(F)(F)F)n2)cnc(N)c1F. The van der Waals surface area contributed by atoms with E-state index in [0.717, 1.165) is 18.3 Å². The number of nitrogens with one attached hydrogen (secondary N) is 1. The molecule has 4 N–H and O–H groups in total. The van der Waals surface area contributed by atoms with E-state index in [9.17, 15) is 27.5 Å². The van der Waals surface area contributed by atoms with Gasteiger partial charge < -0.3 is 16.2 Å². The van der Waals surface area contributed by atoms with Gasteiger partial charge in [0.2, 0.25) is 0 Å². The number of hydrogen-bond donors (Lipinski definition) is 3. The average Bonchev–Trinajstić information content (AvgIpc) is 2.49. The highest BCUT2D eigenvalue weighted by Gasteiger charge is 2.33. The van der Waals surface area contributed by atoms with Crippen molar-refractivity contribution in [2.45, 2.75) is 25.6 Å². The van der Waals surface area contributed by atoms with Gasteiger partial charge in [-0.3, -0.25) is 4.79 Å². The Bertz CT molecular complexity index is 816. The molecule has 0 aromatic carbocycles. The van der Waals surface area contributed by atoms with E-state index in [-0.39, 0.29) is 11.3 Å². The van der Waals surface area contributed by atoms with Crippen molar-refractivity contribution >= 4 is 17.4 Å². The van der Waals surface area contributed by atoms with Crippen LogP contribution in [-0.2, 0) is 11.8 Å². The number of aromatic nitrogens is 2. The van der Waals surface area contributed by atoms with E-state index in [4.69, 9.17) is 5.73 Å². The van der Waals surface area contributed by atoms with Crippen molar-refractivity contribution in [2.75, 3.05) is 11.1 Å². The molecule has 0 radical (unpaired) electrons. The highest BCUT2D eigenvalue weighted by atomic mass is 19.4. The number of hydrogen-bond acceptors (Lipinski definition) is 5. The molecule has 0 aliphatic carbocycles. The van der Waals surface area contributed by atoms with Gasteiger partial charge in [0.1, 0.15) is 11.4 Å². The minimum absolute atomic E-state index is 0.233. The number of nitrogens with two attached hydrogens (primary N) is 1. The smallest absolute Gasteiger partial charge is 0.386 e. The fraction of sp³-hybridized carbons (Fsp3) is 0.267. The Kier molecular flexibility index (Phi) is 4.67. The van der Waals surface area contributed by atoms with Crippen molar-refractivity contribution in [1.29, 1.82) is 0 Å². The summed E-state index contributed by atoms with van der Waals surface area (Å²) in [6.07, 6.45) is -3.72. The van der Waals surface area contributed by atoms with Gasteiger partial charge in [0.05, 0.1) is 17.5 Å². The number of carbonyl (C=O) groups excluding carboxylic acids is 1. The molecule has 0 atom stereocenters. The number of carbonyl (C=O) groups is 1. The number of rotatable bonds is 3. The number of alkyl halides is 3. The molecule has 6 nitrogen and oxygen atoms in total. The molecule has 0 saturated carbocycles. The van der Waals surface area contributed by atoms with Gasteiger partial charge in [-0.05, 0) is 26.0 Å². The fourth-order valence-electron chi connectivity index (χ4n) is 2.10. The molecule has 0 aliphatic heterocycles. The zero-order valence-electron chi connectivity index (χ0n) is 13.1. The van der Waals surface area contributed by atoms with Gasteiger partial charge in [-0.1, -0.05) is 6.07 Å². The molecule has 134 valence electrons. The van der Waals surface area contributed by atoms with Crippen molar-refractivity contribution in [1.82, 2.24) is 9.97 Å². The van der Waals surface area contributed by atoms with E-state index in [1.807, 2.05) is 0 Å². The first kappa shape index (κ1) is 18.6. The van der Waals surface area contributed by atoms with Crippen LogP contribution in [0.4, 0.5) is 29.1 Å². The first-order valence-electron chi connectivity index (χ1n) is 6.93. The predicted octanol–water partition coefficient (Wildman–Crippen LogP) is 2.70. The highest BCUT2D eigenvalue weighted by Crippen LogP contribution is 2.32. The van der Waals surface area contributed by atoms with E-state index in [2.05, 4.69) is 15.3 Å². The molecule has 25 heavy (non-hydrogen) atoms. The Morgan fingerprint density at radius 1 is 1.28 bits per heavy atom. The lowest BCUT2D eigenvalue weighted by Crippen LogP contribution is -2.24. The second-order valence-corrected chi connectivity index (χ2v) is 5.67. The number of anilines is 2. The Morgan fingerprint density at radius 2 is 1.92 bits per heavy atom. The Balaban J connectivity index is 2.41. The first-order valence-corrected chi connectivity index (χ1v) is 6.93. The Hall–Kier alpha value is -2.75. The molecule has 0 aliphatic rings. The molecule has 0 saturated heterocycles. The first-order chi connectivity index (χ1) is 11.4. The fourth-order valence-corrected chi connectivity index (χ4v) is 2.10. The molecule has 0 fully saturated rings. The van der Waals surface area contributed by atoms with Crippen LogP contribution in [0, 0.1) is 5.82 Å². The highest BCUT2D eigenvalue weighted by molar-refractivity contribution is 6.03. The molecular formula is C15H14F4N4O2. The maximum atomic E-state index is 14.2. The van der Waals surface area contributed by atoms with Crippen LogP contribution in [0.1, 0.15) is 35.6 Å². The summed E-state index contributed by atoms with van der Waals surface area (Å²) in [6, 6.07) is 2.79. The van der Waals surface area contributed by atoms with Crippen molar-refractivity contribution in [3.8, 4) is 0 Å². The second-order valence-electron chi connectivity index (χ2n) is 5.67. The van der Waals surface area contributed by atoms with Gasteiger partial charge in [-0.15, -0.1) is 0 Å². The molecule has 0 unspecified atom stereocenters. The molecule has 1 amide bonds. The largest absolute Gasteiger partial charge is 0.433 e. The Labute approximate surface area is 139 Å². The number of nitrogen functional groups attached to an aromatic ring is 1. The van der Waals surface area contributed by atoms with Gasteiger partial charge in [-0.2, -0.15) is 13.2 Å². The van der Waals surface area contributed by atoms with E-state index >= 15 is 0 Å². The summed E-state index contributed by atoms with van der Waals surface area (Å²) in [7, 11) is 0. The molecule has 0 spiro atoms. The number of aliphatic hydroxyl groups is 1. The van der Waals surface area contributed by atoms with Crippen molar-refractivity contribution in [2.24, 2.45) is 0 Å². The van der Waals surface area contributed by atoms with Gasteiger partial charge in [0.25, 0.3) is 5.91 Å². The molecular weight excluding hydrogens is 344 g/mol. The average molecular weight is 358 g/mol. The maximum absolute atomic E-state index is 14.2. The van der Waals surface area contributed by atoms with Crippen molar-refractivity contribution in [3.05, 3.63) is 47.2 Å². The summed E-state index contributed by atoms with van der Waals surface area (Å²) >= 11 is 0. The monoisotopic (exact) mass is 358 g/mol. The summed E-state index contributed by atoms with van der Waals surface area (Å²) in [5, 5.41) is 12.3. The lowest BCUT2D eigenvalue weighted by molar-refractivity contribution is -0.141. The molecule has 0 bridgehead atoms. The van der Waals surface area contributed by atoms with Crippen LogP contribution in [0.15, 0.2) is 24.4 Å². The van der Waals surface area contributed by atoms with Crippen LogP contribution in [0.25, 0.3) is 0 Å². The zero-order valence-corrected chi connectivity index (χ0v) is 13.1. The van der Waals surface area contributed by atoms with Gasteiger partial charge in [-0.25, -0.2) is 14.4 Å². The number of halogens is 4. The van der Waals surface area contributed by atoms with Crippen LogP contribution in [0.3, 0.4) is 0 Å². The number of amides is 1. The van der Waals surface area contributed by atoms with Gasteiger partial charge in [0, 0.05) is 5.56 Å².